The molecule has 0 aliphatic carbocycles. The van der Waals surface area contributed by atoms with Gasteiger partial charge in [0.2, 0.25) is 5.91 Å². The van der Waals surface area contributed by atoms with E-state index in [0.717, 1.165) is 31.9 Å². The van der Waals surface area contributed by atoms with Crippen molar-refractivity contribution in [2.75, 3.05) is 38.8 Å². The van der Waals surface area contributed by atoms with Crippen LogP contribution in [0.15, 0.2) is 18.2 Å². The Hall–Kier alpha value is -1.39. The maximum absolute atomic E-state index is 11.7. The predicted octanol–water partition coefficient (Wildman–Crippen LogP) is 1.08. The van der Waals surface area contributed by atoms with Crippen molar-refractivity contribution in [2.45, 2.75) is 18.3 Å². The second kappa shape index (κ2) is 4.62. The number of fused-ring (bicyclic) bond motifs is 1. The van der Waals surface area contributed by atoms with E-state index in [4.69, 9.17) is 4.74 Å². The smallest absolute Gasteiger partial charge is 0.227 e. The lowest BCUT2D eigenvalue weighted by atomic mass is 9.77. The number of rotatable bonds is 3. The minimum atomic E-state index is 0.115. The molecule has 2 heterocycles. The zero-order chi connectivity index (χ0) is 13.5. The summed E-state index contributed by atoms with van der Waals surface area (Å²) in [5, 5.41) is 3.26. The molecule has 1 amide bonds. The van der Waals surface area contributed by atoms with Gasteiger partial charge in [0, 0.05) is 25.7 Å². The summed E-state index contributed by atoms with van der Waals surface area (Å²) in [5.41, 5.74) is 3.78. The van der Waals surface area contributed by atoms with Gasteiger partial charge in [0.15, 0.2) is 0 Å². The number of carbonyl (C=O) groups excluding carboxylic acids is 1. The molecule has 4 heteroatoms. The molecule has 1 aromatic rings. The van der Waals surface area contributed by atoms with Gasteiger partial charge in [0.05, 0.1) is 18.6 Å². The number of aryl methyl sites for hydroxylation is 1. The Bertz CT molecular complexity index is 509. The molecule has 0 atom stereocenters. The highest BCUT2D eigenvalue weighted by molar-refractivity contribution is 5.95. The topological polar surface area (TPSA) is 41.6 Å². The number of ether oxygens (including phenoxy) is 1. The van der Waals surface area contributed by atoms with E-state index >= 15 is 0 Å². The first-order chi connectivity index (χ1) is 9.16. The number of hydrogen-bond acceptors (Lipinski definition) is 3. The van der Waals surface area contributed by atoms with Crippen molar-refractivity contribution in [3.63, 3.8) is 0 Å². The minimum absolute atomic E-state index is 0.115. The zero-order valence-electron chi connectivity index (χ0n) is 11.5. The average Bonchev–Trinajstić information content (AvgIpc) is 2.38. The monoisotopic (exact) mass is 260 g/mol. The molecule has 0 radical (unpaired) electrons. The molecule has 3 rings (SSSR count). The van der Waals surface area contributed by atoms with Crippen molar-refractivity contribution in [1.29, 1.82) is 0 Å². The van der Waals surface area contributed by atoms with E-state index in [-0.39, 0.29) is 11.3 Å². The third-order valence-electron chi connectivity index (χ3n) is 4.31. The van der Waals surface area contributed by atoms with Gasteiger partial charge in [0.1, 0.15) is 0 Å². The van der Waals surface area contributed by atoms with E-state index in [2.05, 4.69) is 23.5 Å². The maximum atomic E-state index is 11.7. The normalized spacial score (nSPS) is 20.9. The first kappa shape index (κ1) is 12.6. The second-order valence-corrected chi connectivity index (χ2v) is 5.60. The quantitative estimate of drug-likeness (QED) is 0.884. The number of carbonyl (C=O) groups is 1. The Labute approximate surface area is 113 Å². The van der Waals surface area contributed by atoms with Crippen LogP contribution in [0, 0.1) is 0 Å². The standard InChI is InChI=1S/C15H20N2O2/c1-16-8-15(9-19-10-15)12-4-5-13-11(7-12)3-6-14(18)17(13)2/h4-5,7,16H,3,6,8-10H2,1-2H3. The van der Waals surface area contributed by atoms with Crippen LogP contribution in [-0.4, -0.2) is 39.8 Å². The molecule has 4 nitrogen and oxygen atoms in total. The van der Waals surface area contributed by atoms with Crippen LogP contribution in [0.5, 0.6) is 0 Å². The Morgan fingerprint density at radius 1 is 1.37 bits per heavy atom. The molecule has 0 bridgehead atoms. The van der Waals surface area contributed by atoms with E-state index in [1.165, 1.54) is 11.1 Å². The number of hydrogen-bond donors (Lipinski definition) is 1. The largest absolute Gasteiger partial charge is 0.379 e. The summed E-state index contributed by atoms with van der Waals surface area (Å²) in [7, 11) is 3.83. The third-order valence-corrected chi connectivity index (χ3v) is 4.31. The molecule has 19 heavy (non-hydrogen) atoms. The van der Waals surface area contributed by atoms with Crippen molar-refractivity contribution in [3.05, 3.63) is 29.3 Å². The highest BCUT2D eigenvalue weighted by atomic mass is 16.5. The van der Waals surface area contributed by atoms with Crippen molar-refractivity contribution >= 4 is 11.6 Å². The lowest BCUT2D eigenvalue weighted by molar-refractivity contribution is -0.118. The van der Waals surface area contributed by atoms with Gasteiger partial charge in [-0.25, -0.2) is 0 Å². The van der Waals surface area contributed by atoms with Crippen LogP contribution in [0.25, 0.3) is 0 Å². The summed E-state index contributed by atoms with van der Waals surface area (Å²) < 4.78 is 5.42. The Balaban J connectivity index is 1.95. The first-order valence-electron chi connectivity index (χ1n) is 6.79. The van der Waals surface area contributed by atoms with Gasteiger partial charge < -0.3 is 15.0 Å². The van der Waals surface area contributed by atoms with Crippen LogP contribution in [0.4, 0.5) is 5.69 Å². The van der Waals surface area contributed by atoms with Gasteiger partial charge in [-0.2, -0.15) is 0 Å². The molecule has 1 aromatic carbocycles. The van der Waals surface area contributed by atoms with E-state index in [0.29, 0.717) is 6.42 Å². The van der Waals surface area contributed by atoms with Crippen molar-refractivity contribution in [3.8, 4) is 0 Å². The lowest BCUT2D eigenvalue weighted by Crippen LogP contribution is -2.53. The molecule has 0 aromatic heterocycles. The van der Waals surface area contributed by atoms with Crippen molar-refractivity contribution in [2.24, 2.45) is 0 Å². The Morgan fingerprint density at radius 3 is 2.79 bits per heavy atom. The molecule has 1 fully saturated rings. The average molecular weight is 260 g/mol. The Kier molecular flexibility index (Phi) is 3.07. The molecule has 1 N–H and O–H groups in total. The van der Waals surface area contributed by atoms with Gasteiger partial charge in [-0.05, 0) is 30.7 Å². The summed E-state index contributed by atoms with van der Waals surface area (Å²) in [6.45, 7) is 2.49. The molecule has 2 aliphatic heterocycles. The van der Waals surface area contributed by atoms with E-state index in [1.807, 2.05) is 14.1 Å². The number of nitrogens with zero attached hydrogens (tertiary/aromatic N) is 1. The summed E-state index contributed by atoms with van der Waals surface area (Å²) in [5.74, 6) is 0.206. The fraction of sp³-hybridized carbons (Fsp3) is 0.533. The molecular formula is C15H20N2O2. The third kappa shape index (κ3) is 1.95. The second-order valence-electron chi connectivity index (χ2n) is 5.60. The van der Waals surface area contributed by atoms with E-state index < -0.39 is 0 Å². The van der Waals surface area contributed by atoms with Gasteiger partial charge in [-0.3, -0.25) is 4.79 Å². The summed E-state index contributed by atoms with van der Waals surface area (Å²) in [6.07, 6.45) is 1.46. The van der Waals surface area contributed by atoms with Crippen LogP contribution in [0.1, 0.15) is 17.5 Å². The highest BCUT2D eigenvalue weighted by Gasteiger charge is 2.40. The maximum Gasteiger partial charge on any atom is 0.227 e. The van der Waals surface area contributed by atoms with Gasteiger partial charge in [-0.1, -0.05) is 12.1 Å². The van der Waals surface area contributed by atoms with Crippen LogP contribution < -0.4 is 10.2 Å². The Morgan fingerprint density at radius 2 is 2.16 bits per heavy atom. The van der Waals surface area contributed by atoms with E-state index in [1.54, 1.807) is 4.90 Å². The number of nitrogens with one attached hydrogen (secondary N) is 1. The van der Waals surface area contributed by atoms with Crippen LogP contribution >= 0.6 is 0 Å². The summed E-state index contributed by atoms with van der Waals surface area (Å²) in [4.78, 5) is 13.5. The molecule has 2 aliphatic rings. The molecule has 0 saturated carbocycles. The summed E-state index contributed by atoms with van der Waals surface area (Å²) in [6, 6.07) is 6.49. The fourth-order valence-corrected chi connectivity index (χ4v) is 3.04. The van der Waals surface area contributed by atoms with Gasteiger partial charge >= 0.3 is 0 Å². The highest BCUT2D eigenvalue weighted by Crippen LogP contribution is 2.36. The van der Waals surface area contributed by atoms with Crippen molar-refractivity contribution < 1.29 is 9.53 Å². The molecule has 0 spiro atoms. The first-order valence-corrected chi connectivity index (χ1v) is 6.79. The molecule has 0 unspecified atom stereocenters. The molecular weight excluding hydrogens is 240 g/mol. The molecule has 1 saturated heterocycles. The lowest BCUT2D eigenvalue weighted by Gasteiger charge is -2.42. The van der Waals surface area contributed by atoms with Crippen LogP contribution in [-0.2, 0) is 21.4 Å². The summed E-state index contributed by atoms with van der Waals surface area (Å²) >= 11 is 0. The van der Waals surface area contributed by atoms with E-state index in [9.17, 15) is 4.79 Å². The number of amides is 1. The zero-order valence-corrected chi connectivity index (χ0v) is 11.5. The fourth-order valence-electron chi connectivity index (χ4n) is 3.04. The molecule has 102 valence electrons. The number of likely N-dealkylation sites (N-methyl/N-ethyl adjacent to an activating group) is 1. The van der Waals surface area contributed by atoms with Crippen molar-refractivity contribution in [1.82, 2.24) is 5.32 Å². The SMILES string of the molecule is CNCC1(c2ccc3c(c2)CCC(=O)N3C)COC1. The van der Waals surface area contributed by atoms with Crippen LogP contribution in [0.2, 0.25) is 0 Å². The number of benzene rings is 1. The minimum Gasteiger partial charge on any atom is -0.379 e. The van der Waals surface area contributed by atoms with Gasteiger partial charge in [0.25, 0.3) is 0 Å². The van der Waals surface area contributed by atoms with Gasteiger partial charge in [-0.15, -0.1) is 0 Å². The van der Waals surface area contributed by atoms with Crippen LogP contribution in [0.3, 0.4) is 0 Å². The number of anilines is 1. The predicted molar refractivity (Wildman–Crippen MR) is 74.6 cm³/mol.